The summed E-state index contributed by atoms with van der Waals surface area (Å²) in [5.74, 6) is 0.676. The van der Waals surface area contributed by atoms with Gasteiger partial charge in [-0.3, -0.25) is 4.79 Å². The van der Waals surface area contributed by atoms with Gasteiger partial charge in [-0.2, -0.15) is 0 Å². The lowest BCUT2D eigenvalue weighted by atomic mass is 10.0. The summed E-state index contributed by atoms with van der Waals surface area (Å²) in [7, 11) is 0. The third-order valence-electron chi connectivity index (χ3n) is 2.27. The van der Waals surface area contributed by atoms with Gasteiger partial charge in [0, 0.05) is 10.0 Å². The van der Waals surface area contributed by atoms with Gasteiger partial charge in [-0.25, -0.2) is 0 Å². The van der Waals surface area contributed by atoms with E-state index < -0.39 is 0 Å². The van der Waals surface area contributed by atoms with E-state index in [-0.39, 0.29) is 5.78 Å². The largest absolute Gasteiger partial charge is 0.487 e. The van der Waals surface area contributed by atoms with Crippen LogP contribution in [0.2, 0.25) is 0 Å². The molecule has 1 aliphatic heterocycles. The highest BCUT2D eigenvalue weighted by Crippen LogP contribution is 2.36. The molecule has 0 unspecified atom stereocenters. The average Bonchev–Trinajstić information content (AvgIpc) is 2.19. The van der Waals surface area contributed by atoms with Crippen LogP contribution >= 0.6 is 31.9 Å². The van der Waals surface area contributed by atoms with Crippen LogP contribution in [0.15, 0.2) is 32.7 Å². The second kappa shape index (κ2) is 4.10. The molecular weight excluding hydrogens is 324 g/mol. The molecule has 0 aromatic heterocycles. The molecule has 0 aliphatic carbocycles. The number of fused-ring (bicyclic) bond motifs is 1. The van der Waals surface area contributed by atoms with Gasteiger partial charge >= 0.3 is 0 Å². The smallest absolute Gasteiger partial charge is 0.195 e. The SMILES string of the molecule is C/C=C1\COc2c(Br)cc(Br)cc2C1=O. The fourth-order valence-electron chi connectivity index (χ4n) is 1.48. The van der Waals surface area contributed by atoms with Gasteiger partial charge in [0.15, 0.2) is 5.78 Å². The summed E-state index contributed by atoms with van der Waals surface area (Å²) in [6, 6.07) is 3.65. The first-order valence-corrected chi connectivity index (χ1v) is 6.04. The summed E-state index contributed by atoms with van der Waals surface area (Å²) >= 11 is 6.73. The predicted octanol–water partition coefficient (Wildman–Crippen LogP) is 3.73. The predicted molar refractivity (Wildman–Crippen MR) is 65.4 cm³/mol. The average molecular weight is 332 g/mol. The minimum Gasteiger partial charge on any atom is -0.487 e. The zero-order valence-electron chi connectivity index (χ0n) is 8.01. The lowest BCUT2D eigenvalue weighted by molar-refractivity contribution is 0.0998. The van der Waals surface area contributed by atoms with Crippen LogP contribution in [0.3, 0.4) is 0 Å². The highest BCUT2D eigenvalue weighted by atomic mass is 79.9. The molecular formula is C11H8Br2O2. The maximum Gasteiger partial charge on any atom is 0.195 e. The minimum atomic E-state index is 0.0424. The van der Waals surface area contributed by atoms with Gasteiger partial charge in [-0.1, -0.05) is 22.0 Å². The highest BCUT2D eigenvalue weighted by molar-refractivity contribution is 9.11. The van der Waals surface area contributed by atoms with Crippen LogP contribution in [0.5, 0.6) is 5.75 Å². The molecule has 15 heavy (non-hydrogen) atoms. The first-order chi connectivity index (χ1) is 7.13. The van der Waals surface area contributed by atoms with E-state index in [0.29, 0.717) is 23.5 Å². The van der Waals surface area contributed by atoms with Crippen molar-refractivity contribution in [1.29, 1.82) is 0 Å². The molecule has 2 nitrogen and oxygen atoms in total. The number of ketones is 1. The molecule has 0 spiro atoms. The number of hydrogen-bond acceptors (Lipinski definition) is 2. The van der Waals surface area contributed by atoms with Crippen LogP contribution in [-0.4, -0.2) is 12.4 Å². The fraction of sp³-hybridized carbons (Fsp3) is 0.182. The van der Waals surface area contributed by atoms with Gasteiger partial charge in [0.25, 0.3) is 0 Å². The van der Waals surface area contributed by atoms with Crippen molar-refractivity contribution in [1.82, 2.24) is 0 Å². The van der Waals surface area contributed by atoms with Crippen molar-refractivity contribution in [3.8, 4) is 5.75 Å². The Kier molecular flexibility index (Phi) is 2.98. The summed E-state index contributed by atoms with van der Waals surface area (Å²) < 4.78 is 7.19. The number of hydrogen-bond donors (Lipinski definition) is 0. The quantitative estimate of drug-likeness (QED) is 0.677. The van der Waals surface area contributed by atoms with Crippen LogP contribution in [0.4, 0.5) is 0 Å². The van der Waals surface area contributed by atoms with Crippen LogP contribution in [-0.2, 0) is 0 Å². The Morgan fingerprint density at radius 3 is 2.80 bits per heavy atom. The van der Waals surface area contributed by atoms with Gasteiger partial charge in [0.05, 0.1) is 10.0 Å². The number of carbonyl (C=O) groups is 1. The lowest BCUT2D eigenvalue weighted by Crippen LogP contribution is -2.19. The van der Waals surface area contributed by atoms with E-state index in [0.717, 1.165) is 8.95 Å². The summed E-state index contributed by atoms with van der Waals surface area (Å²) in [5, 5.41) is 0. The first-order valence-electron chi connectivity index (χ1n) is 4.45. The third kappa shape index (κ3) is 1.88. The summed E-state index contributed by atoms with van der Waals surface area (Å²) in [5.41, 5.74) is 1.31. The fourth-order valence-corrected chi connectivity index (χ4v) is 2.82. The molecule has 0 fully saturated rings. The van der Waals surface area contributed by atoms with Crippen LogP contribution in [0.25, 0.3) is 0 Å². The molecule has 0 atom stereocenters. The second-order valence-electron chi connectivity index (χ2n) is 3.20. The van der Waals surface area contributed by atoms with Gasteiger partial charge in [-0.05, 0) is 35.0 Å². The number of carbonyl (C=O) groups excluding carboxylic acids is 1. The Morgan fingerprint density at radius 1 is 1.40 bits per heavy atom. The monoisotopic (exact) mass is 330 g/mol. The molecule has 0 amide bonds. The number of benzene rings is 1. The Morgan fingerprint density at radius 2 is 2.13 bits per heavy atom. The van der Waals surface area contributed by atoms with Gasteiger partial charge in [0.1, 0.15) is 12.4 Å². The van der Waals surface area contributed by atoms with Crippen molar-refractivity contribution in [2.75, 3.05) is 6.61 Å². The number of allylic oxidation sites excluding steroid dienone is 1. The maximum atomic E-state index is 12.0. The number of halogens is 2. The third-order valence-corrected chi connectivity index (χ3v) is 3.31. The van der Waals surface area contributed by atoms with Crippen molar-refractivity contribution in [3.05, 3.63) is 38.3 Å². The van der Waals surface area contributed by atoms with Crippen molar-refractivity contribution >= 4 is 37.6 Å². The molecule has 0 radical (unpaired) electrons. The van der Waals surface area contributed by atoms with E-state index >= 15 is 0 Å². The van der Waals surface area contributed by atoms with Crippen molar-refractivity contribution in [2.45, 2.75) is 6.92 Å². The van der Waals surface area contributed by atoms with E-state index in [1.807, 2.05) is 13.0 Å². The normalized spacial score (nSPS) is 17.5. The van der Waals surface area contributed by atoms with Gasteiger partial charge < -0.3 is 4.74 Å². The number of Topliss-reactive ketones (excluding diaryl/α,β-unsaturated/α-hetero) is 1. The molecule has 0 N–H and O–H groups in total. The maximum absolute atomic E-state index is 12.0. The molecule has 0 saturated heterocycles. The molecule has 78 valence electrons. The Bertz CT molecular complexity index is 464. The van der Waals surface area contributed by atoms with Crippen LogP contribution in [0.1, 0.15) is 17.3 Å². The van der Waals surface area contributed by atoms with Crippen molar-refractivity contribution in [3.63, 3.8) is 0 Å². The highest BCUT2D eigenvalue weighted by Gasteiger charge is 2.24. The topological polar surface area (TPSA) is 26.3 Å². The molecule has 0 bridgehead atoms. The first kappa shape index (κ1) is 10.9. The summed E-state index contributed by atoms with van der Waals surface area (Å²) in [6.07, 6.45) is 1.79. The lowest BCUT2D eigenvalue weighted by Gasteiger charge is -2.20. The van der Waals surface area contributed by atoms with Gasteiger partial charge in [-0.15, -0.1) is 0 Å². The zero-order chi connectivity index (χ0) is 11.0. The van der Waals surface area contributed by atoms with E-state index in [1.54, 1.807) is 12.1 Å². The molecule has 1 aromatic carbocycles. The van der Waals surface area contributed by atoms with Gasteiger partial charge in [0.2, 0.25) is 0 Å². The molecule has 4 heteroatoms. The van der Waals surface area contributed by atoms with E-state index in [2.05, 4.69) is 31.9 Å². The molecule has 1 aliphatic rings. The summed E-state index contributed by atoms with van der Waals surface area (Å²) in [6.45, 7) is 2.19. The Balaban J connectivity index is 2.61. The Hall–Kier alpha value is -0.610. The zero-order valence-corrected chi connectivity index (χ0v) is 11.2. The standard InChI is InChI=1S/C11H8Br2O2/c1-2-6-5-15-11-8(10(6)14)3-7(12)4-9(11)13/h2-4H,5H2,1H3/b6-2+. The molecule has 2 rings (SSSR count). The second-order valence-corrected chi connectivity index (χ2v) is 4.97. The minimum absolute atomic E-state index is 0.0424. The summed E-state index contributed by atoms with van der Waals surface area (Å²) in [4.78, 5) is 12.0. The molecule has 1 aromatic rings. The van der Waals surface area contributed by atoms with E-state index in [9.17, 15) is 4.79 Å². The van der Waals surface area contributed by atoms with Crippen LogP contribution in [0, 0.1) is 0 Å². The van der Waals surface area contributed by atoms with Crippen molar-refractivity contribution in [2.24, 2.45) is 0 Å². The van der Waals surface area contributed by atoms with Crippen molar-refractivity contribution < 1.29 is 9.53 Å². The molecule has 0 saturated carbocycles. The van der Waals surface area contributed by atoms with E-state index in [4.69, 9.17) is 4.74 Å². The van der Waals surface area contributed by atoms with Crippen LogP contribution < -0.4 is 4.74 Å². The molecule has 1 heterocycles. The number of rotatable bonds is 0. The van der Waals surface area contributed by atoms with E-state index in [1.165, 1.54) is 0 Å². The number of ether oxygens (including phenoxy) is 1. The Labute approximate surface area is 105 Å².